The molecule has 2 unspecified atom stereocenters. The van der Waals surface area contributed by atoms with Gasteiger partial charge >= 0.3 is 5.97 Å². The summed E-state index contributed by atoms with van der Waals surface area (Å²) in [6, 6.07) is 13.6. The van der Waals surface area contributed by atoms with Crippen molar-refractivity contribution in [3.05, 3.63) is 42.5 Å². The van der Waals surface area contributed by atoms with Gasteiger partial charge in [-0.1, -0.05) is 36.4 Å². The third kappa shape index (κ3) is 3.21. The lowest BCUT2D eigenvalue weighted by Crippen LogP contribution is -2.59. The number of amides is 1. The molecule has 5 atom stereocenters. The Balaban J connectivity index is 1.29. The molecule has 152 valence electrons. The van der Waals surface area contributed by atoms with Crippen LogP contribution in [0.4, 0.5) is 5.69 Å². The molecule has 29 heavy (non-hydrogen) atoms. The molecule has 4 bridgehead atoms. The Morgan fingerprint density at radius 3 is 2.48 bits per heavy atom. The van der Waals surface area contributed by atoms with Crippen LogP contribution in [0.2, 0.25) is 0 Å². The van der Waals surface area contributed by atoms with Gasteiger partial charge in [0.1, 0.15) is 0 Å². The Hall–Kier alpha value is -2.40. The van der Waals surface area contributed by atoms with Gasteiger partial charge in [0.15, 0.2) is 6.10 Å². The van der Waals surface area contributed by atoms with Crippen LogP contribution in [0.1, 0.15) is 45.4 Å². The third-order valence-corrected chi connectivity index (χ3v) is 7.16. The fourth-order valence-corrected chi connectivity index (χ4v) is 6.36. The molecule has 6 rings (SSSR count). The van der Waals surface area contributed by atoms with Crippen LogP contribution in [0.25, 0.3) is 10.8 Å². The SMILES string of the molecule is C[C@@H](OC(=O)C12C[C@@H]3C[C@@H](CC(O)(C3)C1)C2)C(=O)Nc1cccc2ccccc12. The number of carbonyl (C=O) groups is 2. The zero-order valence-corrected chi connectivity index (χ0v) is 16.7. The number of carbonyl (C=O) groups excluding carboxylic acids is 2. The number of nitrogens with one attached hydrogen (secondary N) is 1. The Kier molecular flexibility index (Phi) is 4.21. The van der Waals surface area contributed by atoms with Crippen molar-refractivity contribution in [3.8, 4) is 0 Å². The Morgan fingerprint density at radius 1 is 1.07 bits per heavy atom. The fourth-order valence-electron chi connectivity index (χ4n) is 6.36. The van der Waals surface area contributed by atoms with Crippen molar-refractivity contribution in [1.29, 1.82) is 0 Å². The lowest BCUT2D eigenvalue weighted by molar-refractivity contribution is -0.199. The molecule has 0 heterocycles. The second kappa shape index (κ2) is 6.56. The maximum absolute atomic E-state index is 13.1. The Labute approximate surface area is 170 Å². The number of ether oxygens (including phenoxy) is 1. The van der Waals surface area contributed by atoms with Crippen molar-refractivity contribution >= 4 is 28.3 Å². The van der Waals surface area contributed by atoms with Gasteiger partial charge in [0.05, 0.1) is 11.0 Å². The van der Waals surface area contributed by atoms with E-state index >= 15 is 0 Å². The van der Waals surface area contributed by atoms with Crippen LogP contribution >= 0.6 is 0 Å². The number of hydrogen-bond acceptors (Lipinski definition) is 4. The normalized spacial score (nSPS) is 33.4. The predicted molar refractivity (Wildman–Crippen MR) is 110 cm³/mol. The van der Waals surface area contributed by atoms with Gasteiger partial charge in [-0.2, -0.15) is 0 Å². The number of esters is 1. The first-order valence-electron chi connectivity index (χ1n) is 10.6. The molecule has 4 saturated carbocycles. The van der Waals surface area contributed by atoms with Gasteiger partial charge in [-0.05, 0) is 68.7 Å². The number of benzene rings is 2. The first-order chi connectivity index (χ1) is 13.9. The molecule has 2 aromatic carbocycles. The van der Waals surface area contributed by atoms with Crippen molar-refractivity contribution in [1.82, 2.24) is 0 Å². The number of rotatable bonds is 4. The van der Waals surface area contributed by atoms with E-state index in [-0.39, 0.29) is 11.9 Å². The molecule has 0 saturated heterocycles. The number of hydrogen-bond donors (Lipinski definition) is 2. The summed E-state index contributed by atoms with van der Waals surface area (Å²) < 4.78 is 5.66. The number of anilines is 1. The van der Waals surface area contributed by atoms with Crippen molar-refractivity contribution in [3.63, 3.8) is 0 Å². The standard InChI is InChI=1S/C24H27NO4/c1-15(21(26)25-20-8-4-6-18-5-2-3-7-19(18)20)29-22(27)23-10-16-9-17(11-23)13-24(28,12-16)14-23/h2-8,15-17,28H,9-14H2,1H3,(H,25,26)/t15-,16-,17+,23?,24?/m1/s1. The molecule has 5 nitrogen and oxygen atoms in total. The lowest BCUT2D eigenvalue weighted by Gasteiger charge is -2.58. The Morgan fingerprint density at radius 2 is 1.76 bits per heavy atom. The predicted octanol–water partition coefficient (Wildman–Crippen LogP) is 4.04. The lowest BCUT2D eigenvalue weighted by atomic mass is 9.48. The summed E-state index contributed by atoms with van der Waals surface area (Å²) in [6.07, 6.45) is 3.86. The van der Waals surface area contributed by atoms with E-state index in [0.29, 0.717) is 23.9 Å². The number of fused-ring (bicyclic) bond motifs is 1. The number of aliphatic hydroxyl groups is 1. The van der Waals surface area contributed by atoms with Gasteiger partial charge in [0, 0.05) is 11.1 Å². The van der Waals surface area contributed by atoms with Crippen LogP contribution in [0.3, 0.4) is 0 Å². The van der Waals surface area contributed by atoms with Gasteiger partial charge in [0.25, 0.3) is 5.91 Å². The van der Waals surface area contributed by atoms with Crippen LogP contribution < -0.4 is 5.32 Å². The van der Waals surface area contributed by atoms with Crippen molar-refractivity contribution in [2.45, 2.75) is 57.2 Å². The maximum atomic E-state index is 13.1. The highest BCUT2D eigenvalue weighted by molar-refractivity contribution is 6.03. The Bertz CT molecular complexity index is 965. The van der Waals surface area contributed by atoms with Crippen molar-refractivity contribution in [2.75, 3.05) is 5.32 Å². The van der Waals surface area contributed by atoms with Gasteiger partial charge in [-0.3, -0.25) is 9.59 Å². The molecule has 0 spiro atoms. The van der Waals surface area contributed by atoms with E-state index in [4.69, 9.17) is 4.74 Å². The highest BCUT2D eigenvalue weighted by Gasteiger charge is 2.61. The topological polar surface area (TPSA) is 75.6 Å². The van der Waals surface area contributed by atoms with Crippen molar-refractivity contribution < 1.29 is 19.4 Å². The monoisotopic (exact) mass is 393 g/mol. The smallest absolute Gasteiger partial charge is 0.312 e. The molecule has 1 amide bonds. The van der Waals surface area contributed by atoms with Gasteiger partial charge in [0.2, 0.25) is 0 Å². The van der Waals surface area contributed by atoms with E-state index in [1.54, 1.807) is 6.92 Å². The summed E-state index contributed by atoms with van der Waals surface area (Å²) in [5, 5.41) is 15.8. The van der Waals surface area contributed by atoms with E-state index in [9.17, 15) is 14.7 Å². The van der Waals surface area contributed by atoms with E-state index in [0.717, 1.165) is 42.9 Å². The molecular formula is C24H27NO4. The molecule has 2 N–H and O–H groups in total. The van der Waals surface area contributed by atoms with Crippen LogP contribution in [0.15, 0.2) is 42.5 Å². The first-order valence-corrected chi connectivity index (χ1v) is 10.6. The molecular weight excluding hydrogens is 366 g/mol. The minimum absolute atomic E-state index is 0.314. The zero-order chi connectivity index (χ0) is 20.2. The summed E-state index contributed by atoms with van der Waals surface area (Å²) in [5.41, 5.74) is -0.634. The molecule has 0 radical (unpaired) electrons. The summed E-state index contributed by atoms with van der Waals surface area (Å²) in [4.78, 5) is 25.8. The van der Waals surface area contributed by atoms with Crippen molar-refractivity contribution in [2.24, 2.45) is 17.3 Å². The molecule has 0 aromatic heterocycles. The summed E-state index contributed by atoms with van der Waals surface area (Å²) in [5.74, 6) is 0.144. The average molecular weight is 393 g/mol. The van der Waals surface area contributed by atoms with Crippen LogP contribution in [0, 0.1) is 17.3 Å². The summed E-state index contributed by atoms with van der Waals surface area (Å²) in [6.45, 7) is 1.62. The van der Waals surface area contributed by atoms with E-state index < -0.39 is 17.1 Å². The van der Waals surface area contributed by atoms with E-state index in [1.807, 2.05) is 42.5 Å². The molecule has 5 heteroatoms. The van der Waals surface area contributed by atoms with Crippen LogP contribution in [-0.2, 0) is 14.3 Å². The van der Waals surface area contributed by atoms with Crippen LogP contribution in [-0.4, -0.2) is 28.7 Å². The second-order valence-electron chi connectivity index (χ2n) is 9.53. The summed E-state index contributed by atoms with van der Waals surface area (Å²) >= 11 is 0. The zero-order valence-electron chi connectivity index (χ0n) is 16.7. The maximum Gasteiger partial charge on any atom is 0.312 e. The van der Waals surface area contributed by atoms with Crippen LogP contribution in [0.5, 0.6) is 0 Å². The van der Waals surface area contributed by atoms with E-state index in [2.05, 4.69) is 5.32 Å². The average Bonchev–Trinajstić information content (AvgIpc) is 2.66. The quantitative estimate of drug-likeness (QED) is 0.769. The van der Waals surface area contributed by atoms with Gasteiger partial charge in [-0.25, -0.2) is 0 Å². The molecule has 4 fully saturated rings. The highest BCUT2D eigenvalue weighted by atomic mass is 16.5. The third-order valence-electron chi connectivity index (χ3n) is 7.16. The summed E-state index contributed by atoms with van der Waals surface area (Å²) in [7, 11) is 0. The second-order valence-corrected chi connectivity index (χ2v) is 9.53. The largest absolute Gasteiger partial charge is 0.452 e. The minimum Gasteiger partial charge on any atom is -0.452 e. The van der Waals surface area contributed by atoms with E-state index in [1.165, 1.54) is 0 Å². The minimum atomic E-state index is -0.885. The fraction of sp³-hybridized carbons (Fsp3) is 0.500. The molecule has 4 aliphatic rings. The molecule has 0 aliphatic heterocycles. The molecule has 2 aromatic rings. The van der Waals surface area contributed by atoms with Gasteiger partial charge in [-0.15, -0.1) is 0 Å². The highest BCUT2D eigenvalue weighted by Crippen LogP contribution is 2.62. The molecule has 4 aliphatic carbocycles. The first kappa shape index (κ1) is 18.6. The van der Waals surface area contributed by atoms with Gasteiger partial charge < -0.3 is 15.2 Å².